The summed E-state index contributed by atoms with van der Waals surface area (Å²) in [5, 5.41) is 0. The first kappa shape index (κ1) is 21.2. The standard InChI is InChI=1S/C23H27N3O5/c1-4-30-23(29)17-19(31-22(28)15-8-6-5-7-9-15)21(27)26-13-14-10-11-16(12-14)18(25(2)3)20(26)24-17/h5-9,14,16,18H,4,10-13H2,1-3H3. The fourth-order valence-corrected chi connectivity index (χ4v) is 4.80. The van der Waals surface area contributed by atoms with E-state index in [1.165, 1.54) is 0 Å². The molecule has 0 radical (unpaired) electrons. The summed E-state index contributed by atoms with van der Waals surface area (Å²) in [7, 11) is 3.90. The van der Waals surface area contributed by atoms with Gasteiger partial charge in [-0.2, -0.15) is 0 Å². The van der Waals surface area contributed by atoms with Gasteiger partial charge in [0.25, 0.3) is 5.56 Å². The van der Waals surface area contributed by atoms with Crippen LogP contribution in [0.1, 0.15) is 58.9 Å². The molecule has 1 aromatic carbocycles. The van der Waals surface area contributed by atoms with Crippen molar-refractivity contribution in [3.05, 3.63) is 57.8 Å². The molecule has 1 aliphatic carbocycles. The van der Waals surface area contributed by atoms with Crippen molar-refractivity contribution in [2.75, 3.05) is 20.7 Å². The van der Waals surface area contributed by atoms with Gasteiger partial charge in [0.05, 0.1) is 18.2 Å². The number of carbonyl (C=O) groups excluding carboxylic acids is 2. The van der Waals surface area contributed by atoms with Crippen LogP contribution in [-0.4, -0.2) is 47.1 Å². The molecule has 1 saturated carbocycles. The van der Waals surface area contributed by atoms with E-state index in [9.17, 15) is 14.4 Å². The zero-order chi connectivity index (χ0) is 22.1. The summed E-state index contributed by atoms with van der Waals surface area (Å²) in [6.07, 6.45) is 3.10. The molecular formula is C23H27N3O5. The van der Waals surface area contributed by atoms with Gasteiger partial charge in [-0.15, -0.1) is 0 Å². The normalized spacial score (nSPS) is 22.0. The Labute approximate surface area is 180 Å². The first-order valence-electron chi connectivity index (χ1n) is 10.7. The van der Waals surface area contributed by atoms with Crippen LogP contribution in [0.15, 0.2) is 35.1 Å². The van der Waals surface area contributed by atoms with Gasteiger partial charge in [0, 0.05) is 6.54 Å². The molecule has 8 heteroatoms. The zero-order valence-electron chi connectivity index (χ0n) is 18.0. The first-order valence-corrected chi connectivity index (χ1v) is 10.7. The minimum Gasteiger partial charge on any atom is -0.461 e. The molecule has 0 spiro atoms. The zero-order valence-corrected chi connectivity index (χ0v) is 18.0. The number of fused-ring (bicyclic) bond motifs is 3. The maximum atomic E-state index is 13.5. The number of ether oxygens (including phenoxy) is 2. The molecule has 0 amide bonds. The number of rotatable bonds is 5. The lowest BCUT2D eigenvalue weighted by Crippen LogP contribution is -2.37. The molecule has 2 heterocycles. The number of carbonyl (C=O) groups is 2. The molecule has 2 aromatic rings. The summed E-state index contributed by atoms with van der Waals surface area (Å²) >= 11 is 0. The first-order chi connectivity index (χ1) is 14.9. The van der Waals surface area contributed by atoms with E-state index in [-0.39, 0.29) is 29.7 Å². The monoisotopic (exact) mass is 425 g/mol. The third-order valence-corrected chi connectivity index (χ3v) is 6.12. The van der Waals surface area contributed by atoms with Gasteiger partial charge in [-0.3, -0.25) is 14.3 Å². The van der Waals surface area contributed by atoms with E-state index >= 15 is 0 Å². The van der Waals surface area contributed by atoms with Gasteiger partial charge >= 0.3 is 11.9 Å². The number of nitrogens with zero attached hydrogens (tertiary/aromatic N) is 3. The average Bonchev–Trinajstić information content (AvgIpc) is 3.12. The third-order valence-electron chi connectivity index (χ3n) is 6.12. The number of aromatic nitrogens is 2. The largest absolute Gasteiger partial charge is 0.461 e. The van der Waals surface area contributed by atoms with Crippen LogP contribution < -0.4 is 10.3 Å². The Morgan fingerprint density at radius 1 is 1.16 bits per heavy atom. The second-order valence-electron chi connectivity index (χ2n) is 8.39. The van der Waals surface area contributed by atoms with Crippen molar-refractivity contribution in [3.8, 4) is 5.75 Å². The van der Waals surface area contributed by atoms with Crippen molar-refractivity contribution in [3.63, 3.8) is 0 Å². The lowest BCUT2D eigenvalue weighted by molar-refractivity contribution is 0.0509. The summed E-state index contributed by atoms with van der Waals surface area (Å²) in [6.45, 7) is 2.29. The summed E-state index contributed by atoms with van der Waals surface area (Å²) in [5.41, 5.74) is -0.481. The molecule has 31 heavy (non-hydrogen) atoms. The van der Waals surface area contributed by atoms with Gasteiger partial charge < -0.3 is 9.47 Å². The Hall–Kier alpha value is -3.00. The van der Waals surface area contributed by atoms with Crippen molar-refractivity contribution in [2.45, 2.75) is 38.8 Å². The smallest absolute Gasteiger partial charge is 0.361 e. The second-order valence-corrected chi connectivity index (χ2v) is 8.39. The topological polar surface area (TPSA) is 90.7 Å². The molecule has 2 bridgehead atoms. The van der Waals surface area contributed by atoms with Crippen LogP contribution in [0.3, 0.4) is 0 Å². The predicted molar refractivity (Wildman–Crippen MR) is 113 cm³/mol. The molecule has 3 atom stereocenters. The van der Waals surface area contributed by atoms with Gasteiger partial charge in [-0.05, 0) is 64.3 Å². The van der Waals surface area contributed by atoms with Gasteiger partial charge in [-0.25, -0.2) is 14.6 Å². The van der Waals surface area contributed by atoms with Crippen LogP contribution in [0, 0.1) is 11.8 Å². The number of esters is 2. The molecule has 0 saturated heterocycles. The lowest BCUT2D eigenvalue weighted by Gasteiger charge is -2.30. The highest BCUT2D eigenvalue weighted by atomic mass is 16.6. The Kier molecular flexibility index (Phi) is 5.91. The molecule has 4 rings (SSSR count). The van der Waals surface area contributed by atoms with Crippen molar-refractivity contribution in [1.82, 2.24) is 14.5 Å². The molecule has 1 aromatic heterocycles. The van der Waals surface area contributed by atoms with E-state index in [1.807, 2.05) is 19.0 Å². The molecule has 164 valence electrons. The maximum absolute atomic E-state index is 13.5. The molecular weight excluding hydrogens is 398 g/mol. The van der Waals surface area contributed by atoms with Crippen LogP contribution in [0.2, 0.25) is 0 Å². The molecule has 2 aliphatic rings. The quantitative estimate of drug-likeness (QED) is 0.680. The fraction of sp³-hybridized carbons (Fsp3) is 0.478. The lowest BCUT2D eigenvalue weighted by atomic mass is 9.96. The number of hydrogen-bond donors (Lipinski definition) is 0. The Morgan fingerprint density at radius 3 is 2.58 bits per heavy atom. The summed E-state index contributed by atoms with van der Waals surface area (Å²) in [4.78, 5) is 45.5. The van der Waals surface area contributed by atoms with Crippen LogP contribution in [0.25, 0.3) is 0 Å². The second kappa shape index (κ2) is 8.63. The van der Waals surface area contributed by atoms with Gasteiger partial charge in [-0.1, -0.05) is 18.2 Å². The highest BCUT2D eigenvalue weighted by Crippen LogP contribution is 2.44. The van der Waals surface area contributed by atoms with Gasteiger partial charge in [0.2, 0.25) is 5.75 Å². The third kappa shape index (κ3) is 3.99. The van der Waals surface area contributed by atoms with E-state index in [0.29, 0.717) is 24.2 Å². The predicted octanol–water partition coefficient (Wildman–Crippen LogP) is 2.67. The Morgan fingerprint density at radius 2 is 1.90 bits per heavy atom. The highest BCUT2D eigenvalue weighted by Gasteiger charge is 2.41. The minimum atomic E-state index is -0.772. The van der Waals surface area contributed by atoms with E-state index in [2.05, 4.69) is 4.98 Å². The SMILES string of the molecule is CCOC(=O)c1nc2n(c(=O)c1OC(=O)c1ccccc1)CC1CCC(C1)C2N(C)C. The molecule has 1 fully saturated rings. The van der Waals surface area contributed by atoms with Crippen molar-refractivity contribution in [1.29, 1.82) is 0 Å². The number of benzene rings is 1. The minimum absolute atomic E-state index is 0.104. The number of hydrogen-bond acceptors (Lipinski definition) is 7. The van der Waals surface area contributed by atoms with Crippen molar-refractivity contribution < 1.29 is 19.1 Å². The Balaban J connectivity index is 1.86. The molecule has 8 nitrogen and oxygen atoms in total. The van der Waals surface area contributed by atoms with Crippen molar-refractivity contribution >= 4 is 11.9 Å². The maximum Gasteiger partial charge on any atom is 0.361 e. The van der Waals surface area contributed by atoms with Crippen LogP contribution >= 0.6 is 0 Å². The van der Waals surface area contributed by atoms with E-state index in [4.69, 9.17) is 9.47 Å². The summed E-state index contributed by atoms with van der Waals surface area (Å²) in [5.74, 6) is -0.612. The molecule has 0 N–H and O–H groups in total. The molecule has 3 unspecified atom stereocenters. The molecule has 1 aliphatic heterocycles. The fourth-order valence-electron chi connectivity index (χ4n) is 4.80. The van der Waals surface area contributed by atoms with Crippen LogP contribution in [-0.2, 0) is 11.3 Å². The highest BCUT2D eigenvalue weighted by molar-refractivity contribution is 5.94. The van der Waals surface area contributed by atoms with Gasteiger partial charge in [0.15, 0.2) is 5.69 Å². The van der Waals surface area contributed by atoms with Crippen LogP contribution in [0.4, 0.5) is 0 Å². The van der Waals surface area contributed by atoms with E-state index < -0.39 is 17.5 Å². The van der Waals surface area contributed by atoms with E-state index in [1.54, 1.807) is 41.8 Å². The summed E-state index contributed by atoms with van der Waals surface area (Å²) in [6, 6.07) is 8.24. The van der Waals surface area contributed by atoms with Crippen molar-refractivity contribution in [2.24, 2.45) is 11.8 Å². The van der Waals surface area contributed by atoms with E-state index in [0.717, 1.165) is 19.3 Å². The van der Waals surface area contributed by atoms with Gasteiger partial charge in [0.1, 0.15) is 5.82 Å². The Bertz CT molecular complexity index is 1050. The van der Waals surface area contributed by atoms with Crippen LogP contribution in [0.5, 0.6) is 5.75 Å². The average molecular weight is 425 g/mol. The summed E-state index contributed by atoms with van der Waals surface area (Å²) < 4.78 is 12.2.